The molecular formula is C12H17N3O2. The maximum Gasteiger partial charge on any atom is 0.240 e. The summed E-state index contributed by atoms with van der Waals surface area (Å²) in [5, 5.41) is 9.71. The molecule has 92 valence electrons. The molecule has 0 aliphatic carbocycles. The lowest BCUT2D eigenvalue weighted by Gasteiger charge is -2.26. The molecule has 2 rings (SSSR count). The van der Waals surface area contributed by atoms with Crippen LogP contribution >= 0.6 is 0 Å². The minimum absolute atomic E-state index is 0.303. The normalized spacial score (nSPS) is 21.5. The molecule has 5 heteroatoms. The maximum absolute atomic E-state index is 11.4. The Morgan fingerprint density at radius 2 is 2.47 bits per heavy atom. The van der Waals surface area contributed by atoms with Crippen LogP contribution in [0.5, 0.6) is 0 Å². The van der Waals surface area contributed by atoms with E-state index in [-0.39, 0.29) is 11.9 Å². The number of hydrogen-bond donors (Lipinski definition) is 2. The summed E-state index contributed by atoms with van der Waals surface area (Å²) in [7, 11) is 0. The highest BCUT2D eigenvalue weighted by atomic mass is 16.3. The monoisotopic (exact) mass is 235 g/mol. The number of nitrogens with zero attached hydrogens (tertiary/aromatic N) is 2. The highest BCUT2D eigenvalue weighted by molar-refractivity contribution is 5.84. The van der Waals surface area contributed by atoms with Crippen molar-refractivity contribution in [3.63, 3.8) is 0 Å². The second-order valence-corrected chi connectivity index (χ2v) is 4.35. The number of pyridine rings is 1. The van der Waals surface area contributed by atoms with Gasteiger partial charge in [0.05, 0.1) is 6.10 Å². The Hall–Kier alpha value is -1.62. The molecule has 1 aromatic heterocycles. The summed E-state index contributed by atoms with van der Waals surface area (Å²) >= 11 is 0. The first-order valence-electron chi connectivity index (χ1n) is 5.80. The van der Waals surface area contributed by atoms with E-state index in [0.29, 0.717) is 5.82 Å². The molecule has 1 saturated heterocycles. The third kappa shape index (κ3) is 2.24. The molecule has 1 amide bonds. The first-order valence-corrected chi connectivity index (χ1v) is 5.80. The van der Waals surface area contributed by atoms with Crippen LogP contribution in [0.15, 0.2) is 18.3 Å². The zero-order valence-corrected chi connectivity index (χ0v) is 9.84. The van der Waals surface area contributed by atoms with Crippen molar-refractivity contribution in [3.8, 4) is 0 Å². The first kappa shape index (κ1) is 11.9. The van der Waals surface area contributed by atoms with Crippen LogP contribution in [-0.2, 0) is 4.79 Å². The Morgan fingerprint density at radius 3 is 3.12 bits per heavy atom. The zero-order chi connectivity index (χ0) is 12.4. The molecule has 0 saturated carbocycles. The number of anilines is 1. The number of amides is 1. The van der Waals surface area contributed by atoms with Gasteiger partial charge in [-0.15, -0.1) is 0 Å². The van der Waals surface area contributed by atoms with Crippen molar-refractivity contribution >= 4 is 11.7 Å². The van der Waals surface area contributed by atoms with E-state index in [1.54, 1.807) is 19.2 Å². The van der Waals surface area contributed by atoms with Crippen LogP contribution in [0.1, 0.15) is 31.4 Å². The predicted octanol–water partition coefficient (Wildman–Crippen LogP) is 0.589. The summed E-state index contributed by atoms with van der Waals surface area (Å²) in [5.41, 5.74) is 6.12. The van der Waals surface area contributed by atoms with Gasteiger partial charge >= 0.3 is 0 Å². The van der Waals surface area contributed by atoms with Crippen molar-refractivity contribution in [3.05, 3.63) is 23.9 Å². The molecule has 5 nitrogen and oxygen atoms in total. The van der Waals surface area contributed by atoms with Gasteiger partial charge in [0.1, 0.15) is 11.9 Å². The number of aliphatic hydroxyl groups excluding tert-OH is 1. The lowest BCUT2D eigenvalue weighted by molar-refractivity contribution is -0.119. The number of aliphatic hydroxyl groups is 1. The fourth-order valence-electron chi connectivity index (χ4n) is 2.29. The van der Waals surface area contributed by atoms with Gasteiger partial charge in [-0.2, -0.15) is 0 Å². The molecular weight excluding hydrogens is 218 g/mol. The third-order valence-corrected chi connectivity index (χ3v) is 3.12. The molecule has 0 radical (unpaired) electrons. The van der Waals surface area contributed by atoms with E-state index < -0.39 is 6.10 Å². The number of aromatic nitrogens is 1. The van der Waals surface area contributed by atoms with E-state index in [4.69, 9.17) is 5.73 Å². The lowest BCUT2D eigenvalue weighted by Crippen LogP contribution is -2.41. The smallest absolute Gasteiger partial charge is 0.240 e. The van der Waals surface area contributed by atoms with E-state index in [1.807, 2.05) is 11.0 Å². The van der Waals surface area contributed by atoms with Crippen molar-refractivity contribution in [2.45, 2.75) is 31.9 Å². The molecule has 1 aromatic rings. The average Bonchev–Trinajstić information content (AvgIpc) is 2.77. The van der Waals surface area contributed by atoms with Crippen LogP contribution in [0.25, 0.3) is 0 Å². The second-order valence-electron chi connectivity index (χ2n) is 4.35. The highest BCUT2D eigenvalue weighted by Crippen LogP contribution is 2.29. The average molecular weight is 235 g/mol. The van der Waals surface area contributed by atoms with E-state index in [0.717, 1.165) is 24.9 Å². The largest absolute Gasteiger partial charge is 0.389 e. The van der Waals surface area contributed by atoms with Crippen LogP contribution in [0.3, 0.4) is 0 Å². The van der Waals surface area contributed by atoms with E-state index in [1.165, 1.54) is 0 Å². The number of carbonyl (C=O) groups is 1. The van der Waals surface area contributed by atoms with E-state index in [2.05, 4.69) is 4.98 Å². The lowest BCUT2D eigenvalue weighted by atomic mass is 10.1. The quantitative estimate of drug-likeness (QED) is 0.803. The molecule has 0 bridgehead atoms. The molecule has 1 fully saturated rings. The molecule has 2 heterocycles. The van der Waals surface area contributed by atoms with Crippen LogP contribution in [0.4, 0.5) is 5.82 Å². The molecule has 1 aliphatic heterocycles. The first-order chi connectivity index (χ1) is 8.11. The summed E-state index contributed by atoms with van der Waals surface area (Å²) in [5.74, 6) is 0.341. The van der Waals surface area contributed by atoms with Gasteiger partial charge in [0.15, 0.2) is 0 Å². The molecule has 3 N–H and O–H groups in total. The Balaban J connectivity index is 2.36. The van der Waals surface area contributed by atoms with Crippen LogP contribution < -0.4 is 10.6 Å². The molecule has 2 unspecified atom stereocenters. The Morgan fingerprint density at radius 1 is 1.71 bits per heavy atom. The predicted molar refractivity (Wildman–Crippen MR) is 64.4 cm³/mol. The van der Waals surface area contributed by atoms with Gasteiger partial charge in [0.2, 0.25) is 5.91 Å². The Labute approximate surface area is 100 Å². The topological polar surface area (TPSA) is 79.5 Å². The molecule has 0 aromatic carbocycles. The van der Waals surface area contributed by atoms with Gasteiger partial charge in [0.25, 0.3) is 0 Å². The minimum atomic E-state index is -0.604. The van der Waals surface area contributed by atoms with Gasteiger partial charge in [-0.05, 0) is 25.8 Å². The van der Waals surface area contributed by atoms with Crippen molar-refractivity contribution in [1.82, 2.24) is 4.98 Å². The number of rotatable bonds is 3. The summed E-state index contributed by atoms with van der Waals surface area (Å²) in [6, 6.07) is 3.30. The van der Waals surface area contributed by atoms with Crippen molar-refractivity contribution in [2.75, 3.05) is 11.4 Å². The second kappa shape index (κ2) is 4.71. The van der Waals surface area contributed by atoms with Gasteiger partial charge < -0.3 is 15.7 Å². The summed E-state index contributed by atoms with van der Waals surface area (Å²) in [6.45, 7) is 2.44. The molecule has 1 aliphatic rings. The fourth-order valence-corrected chi connectivity index (χ4v) is 2.29. The summed E-state index contributed by atoms with van der Waals surface area (Å²) in [4.78, 5) is 17.5. The van der Waals surface area contributed by atoms with Gasteiger partial charge in [-0.1, -0.05) is 6.07 Å². The summed E-state index contributed by atoms with van der Waals surface area (Å²) in [6.07, 6.45) is 2.74. The van der Waals surface area contributed by atoms with Crippen LogP contribution in [-0.4, -0.2) is 28.6 Å². The maximum atomic E-state index is 11.4. The standard InChI is InChI=1S/C12H17N3O2/c1-8(16)9-4-2-6-14-12(9)15-7-3-5-10(15)11(13)17/h2,4,6,8,10,16H,3,5,7H2,1H3,(H2,13,17). The van der Waals surface area contributed by atoms with Crippen molar-refractivity contribution in [1.29, 1.82) is 0 Å². The van der Waals surface area contributed by atoms with Crippen LogP contribution in [0, 0.1) is 0 Å². The fraction of sp³-hybridized carbons (Fsp3) is 0.500. The van der Waals surface area contributed by atoms with Gasteiger partial charge in [-0.25, -0.2) is 4.98 Å². The Bertz CT molecular complexity index is 420. The van der Waals surface area contributed by atoms with Crippen LogP contribution in [0.2, 0.25) is 0 Å². The zero-order valence-electron chi connectivity index (χ0n) is 9.84. The number of hydrogen-bond acceptors (Lipinski definition) is 4. The number of carbonyl (C=O) groups excluding carboxylic acids is 1. The van der Waals surface area contributed by atoms with Gasteiger partial charge in [-0.3, -0.25) is 4.79 Å². The van der Waals surface area contributed by atoms with E-state index in [9.17, 15) is 9.90 Å². The molecule has 2 atom stereocenters. The van der Waals surface area contributed by atoms with Crippen molar-refractivity contribution in [2.24, 2.45) is 5.73 Å². The molecule has 17 heavy (non-hydrogen) atoms. The number of primary amides is 1. The highest BCUT2D eigenvalue weighted by Gasteiger charge is 2.31. The minimum Gasteiger partial charge on any atom is -0.389 e. The van der Waals surface area contributed by atoms with Crippen molar-refractivity contribution < 1.29 is 9.90 Å². The molecule has 0 spiro atoms. The summed E-state index contributed by atoms with van der Waals surface area (Å²) < 4.78 is 0. The van der Waals surface area contributed by atoms with E-state index >= 15 is 0 Å². The third-order valence-electron chi connectivity index (χ3n) is 3.12. The Kier molecular flexibility index (Phi) is 3.28. The van der Waals surface area contributed by atoms with Gasteiger partial charge in [0, 0.05) is 18.3 Å². The SMILES string of the molecule is CC(O)c1cccnc1N1CCCC1C(N)=O. The number of nitrogens with two attached hydrogens (primary N) is 1.